The highest BCUT2D eigenvalue weighted by Crippen LogP contribution is 2.33. The zero-order chi connectivity index (χ0) is 11.5. The molecule has 1 saturated carbocycles. The van der Waals surface area contributed by atoms with E-state index >= 15 is 0 Å². The van der Waals surface area contributed by atoms with Gasteiger partial charge >= 0.3 is 0 Å². The topological polar surface area (TPSA) is 29.0 Å². The van der Waals surface area contributed by atoms with E-state index in [1.807, 2.05) is 6.92 Å². The molecule has 0 unspecified atom stereocenters. The molecule has 88 valence electrons. The molecular weight excluding hydrogens is 222 g/mol. The number of hydrogen-bond acceptors (Lipinski definition) is 3. The van der Waals surface area contributed by atoms with E-state index in [9.17, 15) is 0 Å². The lowest BCUT2D eigenvalue weighted by Crippen LogP contribution is -2.28. The summed E-state index contributed by atoms with van der Waals surface area (Å²) >= 11 is 6.04. The molecule has 0 aliphatic heterocycles. The molecule has 4 heteroatoms. The molecule has 16 heavy (non-hydrogen) atoms. The van der Waals surface area contributed by atoms with Crippen LogP contribution in [0.25, 0.3) is 0 Å². The van der Waals surface area contributed by atoms with Gasteiger partial charge in [-0.25, -0.2) is 9.97 Å². The minimum Gasteiger partial charge on any atom is -0.353 e. The Morgan fingerprint density at radius 2 is 2.19 bits per heavy atom. The predicted octanol–water partition coefficient (Wildman–Crippen LogP) is 3.21. The number of aromatic nitrogens is 2. The molecule has 0 N–H and O–H groups in total. The highest BCUT2D eigenvalue weighted by Gasteiger charge is 2.30. The van der Waals surface area contributed by atoms with Gasteiger partial charge in [0.05, 0.1) is 0 Å². The maximum absolute atomic E-state index is 6.04. The van der Waals surface area contributed by atoms with Crippen LogP contribution < -0.4 is 4.90 Å². The molecule has 2 rings (SSSR count). The Bertz CT molecular complexity index is 363. The fraction of sp³-hybridized carbons (Fsp3) is 0.667. The van der Waals surface area contributed by atoms with Crippen LogP contribution in [0.15, 0.2) is 6.33 Å². The van der Waals surface area contributed by atoms with Gasteiger partial charge in [-0.3, -0.25) is 0 Å². The van der Waals surface area contributed by atoms with Crippen molar-refractivity contribution in [1.82, 2.24) is 9.97 Å². The van der Waals surface area contributed by atoms with Crippen LogP contribution in [0, 0.1) is 6.92 Å². The summed E-state index contributed by atoms with van der Waals surface area (Å²) in [6, 6.07) is 0.677. The van der Waals surface area contributed by atoms with E-state index in [1.165, 1.54) is 25.7 Å². The second-order valence-electron chi connectivity index (χ2n) is 4.39. The molecule has 1 heterocycles. The Morgan fingerprint density at radius 3 is 2.81 bits per heavy atom. The van der Waals surface area contributed by atoms with Crippen molar-refractivity contribution in [1.29, 1.82) is 0 Å². The average molecular weight is 240 g/mol. The fourth-order valence-corrected chi connectivity index (χ4v) is 2.01. The Morgan fingerprint density at radius 1 is 1.44 bits per heavy atom. The fourth-order valence-electron chi connectivity index (χ4n) is 1.89. The van der Waals surface area contributed by atoms with Gasteiger partial charge in [-0.2, -0.15) is 0 Å². The molecule has 1 fully saturated rings. The summed E-state index contributed by atoms with van der Waals surface area (Å²) in [6.45, 7) is 5.29. The Balaban J connectivity index is 2.20. The van der Waals surface area contributed by atoms with Crippen molar-refractivity contribution >= 4 is 17.4 Å². The van der Waals surface area contributed by atoms with Crippen LogP contribution in [0.1, 0.15) is 38.2 Å². The number of unbranched alkanes of at least 4 members (excludes halogenated alkanes) is 1. The molecule has 0 amide bonds. The van der Waals surface area contributed by atoms with Gasteiger partial charge in [-0.15, -0.1) is 0 Å². The molecule has 1 aromatic rings. The summed E-state index contributed by atoms with van der Waals surface area (Å²) in [5.74, 6) is 1.02. The van der Waals surface area contributed by atoms with Crippen LogP contribution >= 0.6 is 11.6 Å². The van der Waals surface area contributed by atoms with Crippen molar-refractivity contribution < 1.29 is 0 Å². The zero-order valence-corrected chi connectivity index (χ0v) is 10.7. The first-order chi connectivity index (χ1) is 7.74. The van der Waals surface area contributed by atoms with Gasteiger partial charge in [0.2, 0.25) is 0 Å². The van der Waals surface area contributed by atoms with Gasteiger partial charge in [0.1, 0.15) is 17.3 Å². The molecule has 0 bridgehead atoms. The quantitative estimate of drug-likeness (QED) is 0.739. The maximum atomic E-state index is 6.04. The molecule has 0 atom stereocenters. The van der Waals surface area contributed by atoms with Crippen molar-refractivity contribution in [2.24, 2.45) is 0 Å². The largest absolute Gasteiger partial charge is 0.353 e. The minimum absolute atomic E-state index is 0.576. The number of halogens is 1. The van der Waals surface area contributed by atoms with Crippen LogP contribution in [-0.4, -0.2) is 22.6 Å². The third kappa shape index (κ3) is 2.46. The lowest BCUT2D eigenvalue weighted by Gasteiger charge is -2.24. The van der Waals surface area contributed by atoms with Gasteiger partial charge in [0.25, 0.3) is 0 Å². The van der Waals surface area contributed by atoms with E-state index in [-0.39, 0.29) is 0 Å². The van der Waals surface area contributed by atoms with Crippen LogP contribution in [-0.2, 0) is 0 Å². The third-order valence-electron chi connectivity index (χ3n) is 3.01. The van der Waals surface area contributed by atoms with Crippen LogP contribution in [0.5, 0.6) is 0 Å². The van der Waals surface area contributed by atoms with E-state index in [0.29, 0.717) is 11.2 Å². The third-order valence-corrected chi connectivity index (χ3v) is 3.39. The monoisotopic (exact) mass is 239 g/mol. The van der Waals surface area contributed by atoms with Gasteiger partial charge in [-0.1, -0.05) is 24.9 Å². The number of hydrogen-bond donors (Lipinski definition) is 0. The van der Waals surface area contributed by atoms with Crippen LogP contribution in [0.2, 0.25) is 5.15 Å². The summed E-state index contributed by atoms with van der Waals surface area (Å²) in [5.41, 5.74) is 1.01. The molecule has 1 aliphatic rings. The molecule has 0 spiro atoms. The lowest BCUT2D eigenvalue weighted by molar-refractivity contribution is 0.701. The highest BCUT2D eigenvalue weighted by molar-refractivity contribution is 6.30. The van der Waals surface area contributed by atoms with E-state index in [2.05, 4.69) is 21.8 Å². The van der Waals surface area contributed by atoms with Crippen molar-refractivity contribution in [2.45, 2.75) is 45.6 Å². The highest BCUT2D eigenvalue weighted by atomic mass is 35.5. The van der Waals surface area contributed by atoms with E-state index in [0.717, 1.165) is 17.9 Å². The Hall–Kier alpha value is -0.830. The molecule has 3 nitrogen and oxygen atoms in total. The first kappa shape index (κ1) is 11.6. The first-order valence-electron chi connectivity index (χ1n) is 5.97. The first-order valence-corrected chi connectivity index (χ1v) is 6.35. The van der Waals surface area contributed by atoms with Gasteiger partial charge < -0.3 is 4.90 Å². The summed E-state index contributed by atoms with van der Waals surface area (Å²) in [7, 11) is 0. The Kier molecular flexibility index (Phi) is 3.64. The molecular formula is C12H18ClN3. The van der Waals surface area contributed by atoms with E-state index in [1.54, 1.807) is 6.33 Å². The van der Waals surface area contributed by atoms with Gasteiger partial charge in [0.15, 0.2) is 0 Å². The van der Waals surface area contributed by atoms with Crippen molar-refractivity contribution in [3.8, 4) is 0 Å². The number of rotatable bonds is 5. The zero-order valence-electron chi connectivity index (χ0n) is 9.91. The average Bonchev–Trinajstić information content (AvgIpc) is 3.08. The molecule has 0 aromatic carbocycles. The molecule has 0 radical (unpaired) electrons. The van der Waals surface area contributed by atoms with Crippen molar-refractivity contribution in [2.75, 3.05) is 11.4 Å². The minimum atomic E-state index is 0.576. The maximum Gasteiger partial charge on any atom is 0.137 e. The Labute approximate surface area is 102 Å². The molecule has 0 saturated heterocycles. The lowest BCUT2D eigenvalue weighted by atomic mass is 10.2. The smallest absolute Gasteiger partial charge is 0.137 e. The SMILES string of the molecule is CCCCN(c1ncnc(Cl)c1C)C1CC1. The van der Waals surface area contributed by atoms with Crippen molar-refractivity contribution in [3.05, 3.63) is 17.0 Å². The molecule has 1 aliphatic carbocycles. The second kappa shape index (κ2) is 5.00. The van der Waals surface area contributed by atoms with Gasteiger partial charge in [-0.05, 0) is 26.2 Å². The standard InChI is InChI=1S/C12H18ClN3/c1-3-4-7-16(10-5-6-10)12-9(2)11(13)14-8-15-12/h8,10H,3-7H2,1-2H3. The van der Waals surface area contributed by atoms with E-state index in [4.69, 9.17) is 11.6 Å². The summed E-state index contributed by atoms with van der Waals surface area (Å²) in [4.78, 5) is 10.8. The van der Waals surface area contributed by atoms with E-state index < -0.39 is 0 Å². The molecule has 1 aromatic heterocycles. The normalized spacial score (nSPS) is 15.2. The van der Waals surface area contributed by atoms with Crippen molar-refractivity contribution in [3.63, 3.8) is 0 Å². The summed E-state index contributed by atoms with van der Waals surface area (Å²) in [6.07, 6.45) is 6.54. The van der Waals surface area contributed by atoms with Crippen LogP contribution in [0.3, 0.4) is 0 Å². The summed E-state index contributed by atoms with van der Waals surface area (Å²) in [5, 5.41) is 0.576. The summed E-state index contributed by atoms with van der Waals surface area (Å²) < 4.78 is 0. The number of nitrogens with zero attached hydrogens (tertiary/aromatic N) is 3. The number of anilines is 1. The van der Waals surface area contributed by atoms with Gasteiger partial charge in [0, 0.05) is 18.2 Å². The van der Waals surface area contributed by atoms with Crippen LogP contribution in [0.4, 0.5) is 5.82 Å². The predicted molar refractivity (Wildman–Crippen MR) is 67.1 cm³/mol. The second-order valence-corrected chi connectivity index (χ2v) is 4.75.